The molecule has 3 rings (SSSR count). The molecule has 0 fully saturated rings. The predicted octanol–water partition coefficient (Wildman–Crippen LogP) is 4.62. The lowest BCUT2D eigenvalue weighted by atomic mass is 10.3. The Balaban J connectivity index is 1.77. The van der Waals surface area contributed by atoms with Crippen LogP contribution in [0.25, 0.3) is 11.0 Å². The first-order valence-corrected chi connectivity index (χ1v) is 8.65. The zero-order valence-corrected chi connectivity index (χ0v) is 15.0. The van der Waals surface area contributed by atoms with Crippen LogP contribution in [-0.4, -0.2) is 20.7 Å². The molecule has 0 spiro atoms. The van der Waals surface area contributed by atoms with Gasteiger partial charge in [-0.2, -0.15) is 0 Å². The zero-order chi connectivity index (χ0) is 18.1. The molecule has 1 amide bonds. The van der Waals surface area contributed by atoms with Crippen molar-refractivity contribution in [3.8, 4) is 0 Å². The average molecular weight is 382 g/mol. The molecular weight excluding hydrogens is 368 g/mol. The van der Waals surface area contributed by atoms with E-state index in [0.29, 0.717) is 10.2 Å². The van der Waals surface area contributed by atoms with Gasteiger partial charge in [0.2, 0.25) is 5.91 Å². The number of anilines is 1. The molecule has 8 heteroatoms. The van der Waals surface area contributed by atoms with Crippen LogP contribution in [0.3, 0.4) is 0 Å². The molecule has 4 nitrogen and oxygen atoms in total. The number of hydrogen-bond acceptors (Lipinski definition) is 3. The number of carbonyl (C=O) groups excluding carboxylic acids is 1. The monoisotopic (exact) mass is 381 g/mol. The highest BCUT2D eigenvalue weighted by atomic mass is 35.5. The molecule has 0 saturated carbocycles. The number of rotatable bonds is 4. The van der Waals surface area contributed by atoms with E-state index < -0.39 is 22.8 Å². The second-order valence-electron chi connectivity index (χ2n) is 5.46. The third-order valence-electron chi connectivity index (χ3n) is 3.64. The van der Waals surface area contributed by atoms with Crippen molar-refractivity contribution in [1.82, 2.24) is 9.55 Å². The van der Waals surface area contributed by atoms with E-state index in [9.17, 15) is 13.6 Å². The molecule has 25 heavy (non-hydrogen) atoms. The predicted molar refractivity (Wildman–Crippen MR) is 96.0 cm³/mol. The van der Waals surface area contributed by atoms with Crippen molar-refractivity contribution in [3.05, 3.63) is 53.1 Å². The zero-order valence-electron chi connectivity index (χ0n) is 13.4. The van der Waals surface area contributed by atoms with Crippen LogP contribution in [0.2, 0.25) is 5.02 Å². The van der Waals surface area contributed by atoms with Gasteiger partial charge in [-0.25, -0.2) is 13.8 Å². The molecule has 1 heterocycles. The van der Waals surface area contributed by atoms with E-state index in [0.717, 1.165) is 29.2 Å². The Hall–Kier alpha value is -2.12. The molecule has 1 aromatic heterocycles. The molecular formula is C17H14ClF2N3OS. The van der Waals surface area contributed by atoms with Crippen molar-refractivity contribution in [2.75, 3.05) is 5.32 Å². The van der Waals surface area contributed by atoms with Crippen LogP contribution in [0.15, 0.2) is 41.6 Å². The number of carbonyl (C=O) groups is 1. The second kappa shape index (κ2) is 7.01. The van der Waals surface area contributed by atoms with Crippen LogP contribution < -0.4 is 5.32 Å². The number of fused-ring (bicyclic) bond motifs is 1. The summed E-state index contributed by atoms with van der Waals surface area (Å²) in [5.74, 6) is -1.76. The number of aromatic nitrogens is 2. The minimum Gasteiger partial charge on any atom is -0.323 e. The molecule has 1 unspecified atom stereocenters. The molecule has 0 aliphatic heterocycles. The van der Waals surface area contributed by atoms with Crippen LogP contribution in [0.4, 0.5) is 14.5 Å². The summed E-state index contributed by atoms with van der Waals surface area (Å²) in [5.41, 5.74) is 1.42. The van der Waals surface area contributed by atoms with Crippen LogP contribution in [0.5, 0.6) is 0 Å². The SMILES string of the molecule is CC(Sc1nc2cc(Cl)ccc2n1C)C(=O)Nc1cc(F)ccc1F. The summed E-state index contributed by atoms with van der Waals surface area (Å²) in [7, 11) is 1.84. The molecule has 3 aromatic rings. The standard InChI is InChI=1S/C17H14ClF2N3OS/c1-9(16(24)21-13-8-11(19)4-5-12(13)20)25-17-22-14-7-10(18)3-6-15(14)23(17)2/h3-9H,1-2H3,(H,21,24). The summed E-state index contributed by atoms with van der Waals surface area (Å²) in [4.78, 5) is 16.7. The van der Waals surface area contributed by atoms with Gasteiger partial charge in [-0.3, -0.25) is 4.79 Å². The van der Waals surface area contributed by atoms with Gasteiger partial charge in [0.05, 0.1) is 22.0 Å². The van der Waals surface area contributed by atoms with Gasteiger partial charge in [0.25, 0.3) is 0 Å². The van der Waals surface area contributed by atoms with Gasteiger partial charge in [-0.15, -0.1) is 0 Å². The number of hydrogen-bond donors (Lipinski definition) is 1. The molecule has 0 saturated heterocycles. The quantitative estimate of drug-likeness (QED) is 0.670. The number of imidazole rings is 1. The van der Waals surface area contributed by atoms with Crippen LogP contribution in [0, 0.1) is 11.6 Å². The Morgan fingerprint density at radius 1 is 1.28 bits per heavy atom. The molecule has 0 aliphatic rings. The summed E-state index contributed by atoms with van der Waals surface area (Å²) in [6, 6.07) is 8.27. The van der Waals surface area contributed by atoms with E-state index in [1.165, 1.54) is 11.8 Å². The van der Waals surface area contributed by atoms with E-state index in [4.69, 9.17) is 11.6 Å². The number of amides is 1. The fourth-order valence-electron chi connectivity index (χ4n) is 2.30. The highest BCUT2D eigenvalue weighted by molar-refractivity contribution is 8.00. The molecule has 2 aromatic carbocycles. The first kappa shape index (κ1) is 17.7. The molecule has 130 valence electrons. The minimum absolute atomic E-state index is 0.186. The maximum absolute atomic E-state index is 13.6. The number of nitrogens with zero attached hydrogens (tertiary/aromatic N) is 2. The van der Waals surface area contributed by atoms with Gasteiger partial charge in [-0.1, -0.05) is 23.4 Å². The van der Waals surface area contributed by atoms with Crippen LogP contribution >= 0.6 is 23.4 Å². The fraction of sp³-hybridized carbons (Fsp3) is 0.176. The number of aryl methyl sites for hydroxylation is 1. The Bertz CT molecular complexity index is 960. The molecule has 0 radical (unpaired) electrons. The maximum atomic E-state index is 13.6. The maximum Gasteiger partial charge on any atom is 0.237 e. The van der Waals surface area contributed by atoms with Gasteiger partial charge < -0.3 is 9.88 Å². The van der Waals surface area contributed by atoms with E-state index >= 15 is 0 Å². The Morgan fingerprint density at radius 2 is 2.04 bits per heavy atom. The Labute approximate surface area is 152 Å². The van der Waals surface area contributed by atoms with Crippen molar-refractivity contribution in [1.29, 1.82) is 0 Å². The highest BCUT2D eigenvalue weighted by Crippen LogP contribution is 2.28. The molecule has 0 aliphatic carbocycles. The molecule has 1 atom stereocenters. The van der Waals surface area contributed by atoms with Gasteiger partial charge in [0.15, 0.2) is 5.16 Å². The van der Waals surface area contributed by atoms with E-state index in [-0.39, 0.29) is 5.69 Å². The minimum atomic E-state index is -0.690. The molecule has 0 bridgehead atoms. The van der Waals surface area contributed by atoms with Crippen molar-refractivity contribution in [2.45, 2.75) is 17.3 Å². The number of thioether (sulfide) groups is 1. The van der Waals surface area contributed by atoms with Gasteiger partial charge in [0, 0.05) is 18.1 Å². The van der Waals surface area contributed by atoms with E-state index in [2.05, 4.69) is 10.3 Å². The third-order valence-corrected chi connectivity index (χ3v) is 5.02. The first-order chi connectivity index (χ1) is 11.8. The summed E-state index contributed by atoms with van der Waals surface area (Å²) < 4.78 is 28.7. The average Bonchev–Trinajstić information content (AvgIpc) is 2.86. The van der Waals surface area contributed by atoms with Gasteiger partial charge >= 0.3 is 0 Å². The van der Waals surface area contributed by atoms with Crippen molar-refractivity contribution >= 4 is 46.0 Å². The normalized spacial score (nSPS) is 12.4. The highest BCUT2D eigenvalue weighted by Gasteiger charge is 2.20. The second-order valence-corrected chi connectivity index (χ2v) is 7.20. The van der Waals surface area contributed by atoms with E-state index in [1.54, 1.807) is 19.1 Å². The fourth-order valence-corrected chi connectivity index (χ4v) is 3.35. The van der Waals surface area contributed by atoms with E-state index in [1.807, 2.05) is 17.7 Å². The summed E-state index contributed by atoms with van der Waals surface area (Å²) in [6.45, 7) is 1.67. The number of benzene rings is 2. The van der Waals surface area contributed by atoms with Crippen LogP contribution in [0.1, 0.15) is 6.92 Å². The Kier molecular flexibility index (Phi) is 4.96. The van der Waals surface area contributed by atoms with Crippen molar-refractivity contribution in [3.63, 3.8) is 0 Å². The lowest BCUT2D eigenvalue weighted by Gasteiger charge is -2.12. The van der Waals surface area contributed by atoms with Crippen molar-refractivity contribution < 1.29 is 13.6 Å². The number of nitrogens with one attached hydrogen (secondary N) is 1. The largest absolute Gasteiger partial charge is 0.323 e. The van der Waals surface area contributed by atoms with Gasteiger partial charge in [0.1, 0.15) is 11.6 Å². The topological polar surface area (TPSA) is 46.9 Å². The summed E-state index contributed by atoms with van der Waals surface area (Å²) in [5, 5.41) is 3.04. The first-order valence-electron chi connectivity index (χ1n) is 7.39. The Morgan fingerprint density at radius 3 is 2.80 bits per heavy atom. The van der Waals surface area contributed by atoms with Crippen molar-refractivity contribution in [2.24, 2.45) is 7.05 Å². The smallest absolute Gasteiger partial charge is 0.237 e. The summed E-state index contributed by atoms with van der Waals surface area (Å²) in [6.07, 6.45) is 0. The lowest BCUT2D eigenvalue weighted by Crippen LogP contribution is -2.23. The third kappa shape index (κ3) is 3.77. The lowest BCUT2D eigenvalue weighted by molar-refractivity contribution is -0.115. The van der Waals surface area contributed by atoms with Gasteiger partial charge in [-0.05, 0) is 37.3 Å². The molecule has 1 N–H and O–H groups in total. The van der Waals surface area contributed by atoms with Crippen LogP contribution in [-0.2, 0) is 11.8 Å². The summed E-state index contributed by atoms with van der Waals surface area (Å²) >= 11 is 7.19. The number of halogens is 3.